The maximum Gasteiger partial charge on any atom is 0.157 e. The van der Waals surface area contributed by atoms with Crippen molar-refractivity contribution in [3.63, 3.8) is 0 Å². The minimum Gasteiger partial charge on any atom is -0.359 e. The van der Waals surface area contributed by atoms with Gasteiger partial charge in [0.15, 0.2) is 5.17 Å². The molecule has 0 radical (unpaired) electrons. The Labute approximate surface area is 113 Å². The van der Waals surface area contributed by atoms with Gasteiger partial charge in [0.1, 0.15) is 0 Å². The number of thioether (sulfide) groups is 1. The number of nitrogens with one attached hydrogen (secondary N) is 1. The van der Waals surface area contributed by atoms with E-state index in [1.807, 2.05) is 30.4 Å². The van der Waals surface area contributed by atoms with Gasteiger partial charge in [-0.25, -0.2) is 0 Å². The second-order valence-corrected chi connectivity index (χ2v) is 6.19. The summed E-state index contributed by atoms with van der Waals surface area (Å²) in [7, 11) is 1.98. The van der Waals surface area contributed by atoms with Crippen molar-refractivity contribution < 1.29 is 0 Å². The molecule has 1 aliphatic heterocycles. The van der Waals surface area contributed by atoms with E-state index in [0.717, 1.165) is 29.6 Å². The molecule has 1 aromatic heterocycles. The maximum atomic E-state index is 4.69. The zero-order valence-electron chi connectivity index (χ0n) is 11.9. The Bertz CT molecular complexity index is 478. The predicted octanol–water partition coefficient (Wildman–Crippen LogP) is 2.40. The molecule has 2 heterocycles. The molecule has 100 valence electrons. The highest BCUT2D eigenvalue weighted by Gasteiger charge is 2.30. The van der Waals surface area contributed by atoms with Crippen molar-refractivity contribution in [3.8, 4) is 0 Å². The number of hydrogen-bond acceptors (Lipinski definition) is 3. The third-order valence-electron chi connectivity index (χ3n) is 3.76. The quantitative estimate of drug-likeness (QED) is 0.913. The van der Waals surface area contributed by atoms with Crippen molar-refractivity contribution in [1.82, 2.24) is 15.1 Å². The highest BCUT2D eigenvalue weighted by Crippen LogP contribution is 2.26. The lowest BCUT2D eigenvalue weighted by molar-refractivity contribution is 0.466. The number of hydrogen-bond donors (Lipinski definition) is 1. The maximum absolute atomic E-state index is 4.69. The molecule has 0 spiro atoms. The molecule has 0 aromatic carbocycles. The molecule has 1 aromatic rings. The first-order chi connectivity index (χ1) is 8.45. The molecule has 1 fully saturated rings. The zero-order valence-corrected chi connectivity index (χ0v) is 12.7. The minimum absolute atomic E-state index is 0.211. The monoisotopic (exact) mass is 266 g/mol. The van der Waals surface area contributed by atoms with Crippen LogP contribution >= 0.6 is 11.8 Å². The van der Waals surface area contributed by atoms with Crippen LogP contribution in [0.25, 0.3) is 0 Å². The first-order valence-electron chi connectivity index (χ1n) is 6.39. The standard InChI is InChI=1S/C13H22N4S/c1-6-13(4)8-18-12(15-13)14-7-11-9(2)16-17(5)10(11)3/h6-8H2,1-5H3,(H,14,15). The summed E-state index contributed by atoms with van der Waals surface area (Å²) in [6.07, 6.45) is 1.13. The number of nitrogens with zero attached hydrogens (tertiary/aromatic N) is 3. The molecule has 0 aliphatic carbocycles. The van der Waals surface area contributed by atoms with Gasteiger partial charge in [-0.05, 0) is 27.2 Å². The summed E-state index contributed by atoms with van der Waals surface area (Å²) >= 11 is 1.82. The molecule has 18 heavy (non-hydrogen) atoms. The predicted molar refractivity (Wildman–Crippen MR) is 78.1 cm³/mol. The van der Waals surface area contributed by atoms with Gasteiger partial charge in [0.05, 0.1) is 12.2 Å². The molecule has 0 bridgehead atoms. The van der Waals surface area contributed by atoms with Gasteiger partial charge >= 0.3 is 0 Å². The SMILES string of the molecule is CCC1(C)CSC(=NCc2c(C)nn(C)c2C)N1. The lowest BCUT2D eigenvalue weighted by Crippen LogP contribution is -2.39. The normalized spacial score (nSPS) is 25.7. The van der Waals surface area contributed by atoms with Crippen molar-refractivity contribution >= 4 is 16.9 Å². The van der Waals surface area contributed by atoms with E-state index in [1.54, 1.807) is 0 Å². The van der Waals surface area contributed by atoms with Crippen LogP contribution in [0.1, 0.15) is 37.2 Å². The number of aliphatic imine (C=N–C) groups is 1. The van der Waals surface area contributed by atoms with Gasteiger partial charge in [0, 0.05) is 29.6 Å². The second kappa shape index (κ2) is 4.96. The minimum atomic E-state index is 0.211. The molecule has 0 saturated carbocycles. The van der Waals surface area contributed by atoms with E-state index in [9.17, 15) is 0 Å². The van der Waals surface area contributed by atoms with E-state index in [0.29, 0.717) is 0 Å². The van der Waals surface area contributed by atoms with Crippen molar-refractivity contribution in [3.05, 3.63) is 17.0 Å². The van der Waals surface area contributed by atoms with Gasteiger partial charge in [-0.3, -0.25) is 9.67 Å². The molecule has 1 aliphatic rings. The summed E-state index contributed by atoms with van der Waals surface area (Å²) in [6.45, 7) is 9.34. The fraction of sp³-hybridized carbons (Fsp3) is 0.692. The molecule has 5 heteroatoms. The van der Waals surface area contributed by atoms with Crippen LogP contribution in [0.5, 0.6) is 0 Å². The highest BCUT2D eigenvalue weighted by molar-refractivity contribution is 8.14. The van der Waals surface area contributed by atoms with Crippen LogP contribution < -0.4 is 5.32 Å². The molecule has 1 atom stereocenters. The van der Waals surface area contributed by atoms with E-state index < -0.39 is 0 Å². The molecule has 1 saturated heterocycles. The fourth-order valence-electron chi connectivity index (χ4n) is 2.03. The van der Waals surface area contributed by atoms with Crippen LogP contribution in [0.15, 0.2) is 4.99 Å². The Balaban J connectivity index is 2.08. The Morgan fingerprint density at radius 1 is 1.50 bits per heavy atom. The van der Waals surface area contributed by atoms with Gasteiger partial charge in [-0.15, -0.1) is 0 Å². The summed E-state index contributed by atoms with van der Waals surface area (Å²) in [5.41, 5.74) is 3.75. The average Bonchev–Trinajstić information content (AvgIpc) is 2.81. The van der Waals surface area contributed by atoms with Crippen molar-refractivity contribution in [2.24, 2.45) is 12.0 Å². The van der Waals surface area contributed by atoms with Gasteiger partial charge in [-0.1, -0.05) is 18.7 Å². The molecule has 1 N–H and O–H groups in total. The van der Waals surface area contributed by atoms with Crippen LogP contribution in [0.4, 0.5) is 0 Å². The van der Waals surface area contributed by atoms with E-state index in [4.69, 9.17) is 0 Å². The first-order valence-corrected chi connectivity index (χ1v) is 7.38. The van der Waals surface area contributed by atoms with E-state index in [1.165, 1.54) is 11.3 Å². The summed E-state index contributed by atoms with van der Waals surface area (Å²) in [4.78, 5) is 4.69. The molecule has 4 nitrogen and oxygen atoms in total. The van der Waals surface area contributed by atoms with Crippen molar-refractivity contribution in [2.75, 3.05) is 5.75 Å². The topological polar surface area (TPSA) is 42.2 Å². The van der Waals surface area contributed by atoms with Gasteiger partial charge in [-0.2, -0.15) is 5.10 Å². The van der Waals surface area contributed by atoms with Crippen LogP contribution in [-0.4, -0.2) is 26.2 Å². The molecule has 1 unspecified atom stereocenters. The second-order valence-electron chi connectivity index (χ2n) is 5.22. The van der Waals surface area contributed by atoms with Gasteiger partial charge < -0.3 is 5.32 Å². The Hall–Kier alpha value is -0.970. The Morgan fingerprint density at radius 2 is 2.22 bits per heavy atom. The third kappa shape index (κ3) is 2.55. The lowest BCUT2D eigenvalue weighted by atomic mass is 10.0. The smallest absolute Gasteiger partial charge is 0.157 e. The summed E-state index contributed by atoms with van der Waals surface area (Å²) in [6, 6.07) is 0. The highest BCUT2D eigenvalue weighted by atomic mass is 32.2. The Morgan fingerprint density at radius 3 is 2.72 bits per heavy atom. The van der Waals surface area contributed by atoms with Crippen LogP contribution in [0.2, 0.25) is 0 Å². The number of rotatable bonds is 3. The van der Waals surface area contributed by atoms with Crippen LogP contribution in [0, 0.1) is 13.8 Å². The molecule has 2 rings (SSSR count). The fourth-order valence-corrected chi connectivity index (χ4v) is 3.24. The lowest BCUT2D eigenvalue weighted by Gasteiger charge is -2.20. The first kappa shape index (κ1) is 13.5. The van der Waals surface area contributed by atoms with Crippen LogP contribution in [-0.2, 0) is 13.6 Å². The number of aryl methyl sites for hydroxylation is 2. The average molecular weight is 266 g/mol. The largest absolute Gasteiger partial charge is 0.359 e. The molecular formula is C13H22N4S. The van der Waals surface area contributed by atoms with E-state index in [2.05, 4.69) is 36.2 Å². The summed E-state index contributed by atoms with van der Waals surface area (Å²) < 4.78 is 1.93. The number of amidine groups is 1. The Kier molecular flexibility index (Phi) is 3.71. The van der Waals surface area contributed by atoms with Crippen molar-refractivity contribution in [2.45, 2.75) is 46.2 Å². The third-order valence-corrected chi connectivity index (χ3v) is 5.04. The zero-order chi connectivity index (χ0) is 13.3. The van der Waals surface area contributed by atoms with Crippen molar-refractivity contribution in [1.29, 1.82) is 0 Å². The number of aromatic nitrogens is 2. The molecular weight excluding hydrogens is 244 g/mol. The van der Waals surface area contributed by atoms with E-state index in [-0.39, 0.29) is 5.54 Å². The summed E-state index contributed by atoms with van der Waals surface area (Å²) in [5.74, 6) is 1.10. The van der Waals surface area contributed by atoms with Crippen LogP contribution in [0.3, 0.4) is 0 Å². The van der Waals surface area contributed by atoms with Gasteiger partial charge in [0.2, 0.25) is 0 Å². The van der Waals surface area contributed by atoms with E-state index >= 15 is 0 Å². The summed E-state index contributed by atoms with van der Waals surface area (Å²) in [5, 5.41) is 9.01. The molecule has 0 amide bonds. The van der Waals surface area contributed by atoms with Gasteiger partial charge in [0.25, 0.3) is 0 Å².